The van der Waals surface area contributed by atoms with Gasteiger partial charge in [-0.2, -0.15) is 0 Å². The molecule has 1 atom stereocenters. The number of benzene rings is 2. The molecule has 5 rings (SSSR count). The second-order valence-electron chi connectivity index (χ2n) is 8.60. The zero-order chi connectivity index (χ0) is 27.7. The summed E-state index contributed by atoms with van der Waals surface area (Å²) >= 11 is 0.923. The quantitative estimate of drug-likeness (QED) is 0.152. The number of aryl methyl sites for hydroxylation is 1. The smallest absolute Gasteiger partial charge is 0.350 e. The normalized spacial score (nSPS) is 17.7. The van der Waals surface area contributed by atoms with E-state index in [1.54, 1.807) is 49.4 Å². The van der Waals surface area contributed by atoms with E-state index in [0.717, 1.165) is 11.3 Å². The molecule has 3 aromatic rings. The van der Waals surface area contributed by atoms with E-state index in [0.29, 0.717) is 41.7 Å². The standard InChI is InChI=1S/C28H24N2O8S/c1-4-11-38-27(34)25-15(2)29-28(39-25)30-22(16-5-8-18(35-3)9-6-16)21(24(32)26(30)33)23(31)17-7-10-19-20(14-17)37-13-12-36-19/h4-10,14,22,31H,1,11-13H2,2-3H3. The van der Waals surface area contributed by atoms with Crippen LogP contribution in [0.4, 0.5) is 5.13 Å². The molecule has 10 nitrogen and oxygen atoms in total. The third-order valence-electron chi connectivity index (χ3n) is 6.20. The molecule has 0 bridgehead atoms. The Kier molecular flexibility index (Phi) is 7.07. The summed E-state index contributed by atoms with van der Waals surface area (Å²) in [6.07, 6.45) is 1.44. The zero-order valence-electron chi connectivity index (χ0n) is 21.1. The van der Waals surface area contributed by atoms with Gasteiger partial charge in [-0.1, -0.05) is 36.1 Å². The molecule has 2 aliphatic rings. The maximum atomic E-state index is 13.5. The number of ether oxygens (including phenoxy) is 4. The van der Waals surface area contributed by atoms with Crippen LogP contribution >= 0.6 is 11.3 Å². The molecule has 1 N–H and O–H groups in total. The number of ketones is 1. The van der Waals surface area contributed by atoms with E-state index >= 15 is 0 Å². The van der Waals surface area contributed by atoms with E-state index in [-0.39, 0.29) is 33.5 Å². The van der Waals surface area contributed by atoms with E-state index < -0.39 is 23.7 Å². The van der Waals surface area contributed by atoms with E-state index in [1.165, 1.54) is 18.1 Å². The van der Waals surface area contributed by atoms with Crippen LogP contribution in [-0.4, -0.2) is 54.7 Å². The van der Waals surface area contributed by atoms with E-state index in [2.05, 4.69) is 11.6 Å². The van der Waals surface area contributed by atoms with Gasteiger partial charge in [0.25, 0.3) is 5.78 Å². The van der Waals surface area contributed by atoms with Crippen LogP contribution in [-0.2, 0) is 14.3 Å². The lowest BCUT2D eigenvalue weighted by molar-refractivity contribution is -0.132. The van der Waals surface area contributed by atoms with Crippen molar-refractivity contribution < 1.29 is 38.4 Å². The number of amides is 1. The molecule has 0 saturated carbocycles. The van der Waals surface area contributed by atoms with Crippen molar-refractivity contribution in [3.63, 3.8) is 0 Å². The van der Waals surface area contributed by atoms with Gasteiger partial charge >= 0.3 is 11.9 Å². The molecule has 1 saturated heterocycles. The molecule has 1 fully saturated rings. The van der Waals surface area contributed by atoms with Crippen molar-refractivity contribution in [2.75, 3.05) is 31.8 Å². The number of hydrogen-bond acceptors (Lipinski definition) is 10. The number of rotatable bonds is 7. The van der Waals surface area contributed by atoms with Crippen molar-refractivity contribution in [2.24, 2.45) is 0 Å². The molecule has 2 aliphatic heterocycles. The van der Waals surface area contributed by atoms with Crippen LogP contribution in [0.1, 0.15) is 32.5 Å². The van der Waals surface area contributed by atoms with Crippen molar-refractivity contribution in [3.8, 4) is 17.2 Å². The first-order chi connectivity index (χ1) is 18.8. The van der Waals surface area contributed by atoms with Gasteiger partial charge in [0.2, 0.25) is 0 Å². The summed E-state index contributed by atoms with van der Waals surface area (Å²) in [5.74, 6) is -1.29. The van der Waals surface area contributed by atoms with Crippen molar-refractivity contribution in [3.05, 3.63) is 82.4 Å². The lowest BCUT2D eigenvalue weighted by atomic mass is 9.95. The highest BCUT2D eigenvalue weighted by Crippen LogP contribution is 2.45. The first kappa shape index (κ1) is 26.0. The number of anilines is 1. The number of esters is 1. The van der Waals surface area contributed by atoms with Crippen LogP contribution in [0.3, 0.4) is 0 Å². The maximum Gasteiger partial charge on any atom is 0.350 e. The summed E-state index contributed by atoms with van der Waals surface area (Å²) in [6, 6.07) is 10.5. The maximum absolute atomic E-state index is 13.5. The number of hydrogen-bond donors (Lipinski definition) is 1. The number of nitrogens with zero attached hydrogens (tertiary/aromatic N) is 2. The number of carbonyl (C=O) groups is 3. The summed E-state index contributed by atoms with van der Waals surface area (Å²) < 4.78 is 21.6. The Hall–Kier alpha value is -4.64. The van der Waals surface area contributed by atoms with Crippen LogP contribution in [0.25, 0.3) is 5.76 Å². The summed E-state index contributed by atoms with van der Waals surface area (Å²) in [6.45, 7) is 5.90. The summed E-state index contributed by atoms with van der Waals surface area (Å²) in [5, 5.41) is 11.5. The van der Waals surface area contributed by atoms with Gasteiger partial charge in [0.05, 0.1) is 24.4 Å². The lowest BCUT2D eigenvalue weighted by Gasteiger charge is -2.23. The second-order valence-corrected chi connectivity index (χ2v) is 9.58. The van der Waals surface area contributed by atoms with Crippen molar-refractivity contribution >= 4 is 39.9 Å². The topological polar surface area (TPSA) is 124 Å². The van der Waals surface area contributed by atoms with Gasteiger partial charge in [0.1, 0.15) is 36.2 Å². The molecule has 1 unspecified atom stereocenters. The molecule has 11 heteroatoms. The number of aromatic nitrogens is 1. The number of carbonyl (C=O) groups excluding carboxylic acids is 3. The summed E-state index contributed by atoms with van der Waals surface area (Å²) in [4.78, 5) is 45.2. The highest BCUT2D eigenvalue weighted by Gasteiger charge is 2.48. The second kappa shape index (κ2) is 10.6. The minimum atomic E-state index is -1.04. The van der Waals surface area contributed by atoms with Gasteiger partial charge in [0, 0.05) is 5.56 Å². The third-order valence-corrected chi connectivity index (χ3v) is 7.34. The number of aliphatic hydroxyl groups excluding tert-OH is 1. The molecule has 3 heterocycles. The van der Waals surface area contributed by atoms with Crippen LogP contribution < -0.4 is 19.1 Å². The van der Waals surface area contributed by atoms with Crippen LogP contribution in [0.5, 0.6) is 17.2 Å². The number of methoxy groups -OCH3 is 1. The van der Waals surface area contributed by atoms with Gasteiger partial charge < -0.3 is 24.1 Å². The predicted octanol–water partition coefficient (Wildman–Crippen LogP) is 4.20. The van der Waals surface area contributed by atoms with Gasteiger partial charge in [-0.3, -0.25) is 14.5 Å². The molecule has 0 aliphatic carbocycles. The Morgan fingerprint density at radius 2 is 1.90 bits per heavy atom. The Balaban J connectivity index is 1.64. The average molecular weight is 549 g/mol. The molecule has 1 amide bonds. The summed E-state index contributed by atoms with van der Waals surface area (Å²) in [7, 11) is 1.52. The molecule has 2 aromatic carbocycles. The average Bonchev–Trinajstić information content (AvgIpc) is 3.47. The molecular formula is C28H24N2O8S. The number of aliphatic hydroxyl groups is 1. The zero-order valence-corrected chi connectivity index (χ0v) is 21.9. The first-order valence-corrected chi connectivity index (χ1v) is 12.8. The van der Waals surface area contributed by atoms with Gasteiger partial charge in [-0.25, -0.2) is 9.78 Å². The van der Waals surface area contributed by atoms with Gasteiger partial charge in [-0.05, 0) is 42.8 Å². The number of thiazole rings is 1. The largest absolute Gasteiger partial charge is 0.507 e. The van der Waals surface area contributed by atoms with Crippen LogP contribution in [0.2, 0.25) is 0 Å². The number of Topliss-reactive ketones (excluding diaryl/α,β-unsaturated/α-hetero) is 1. The number of fused-ring (bicyclic) bond motifs is 1. The van der Waals surface area contributed by atoms with E-state index in [1.807, 2.05) is 0 Å². The van der Waals surface area contributed by atoms with Gasteiger partial charge in [0.15, 0.2) is 16.6 Å². The fourth-order valence-electron chi connectivity index (χ4n) is 4.35. The Morgan fingerprint density at radius 3 is 2.59 bits per heavy atom. The fourth-order valence-corrected chi connectivity index (χ4v) is 5.34. The predicted molar refractivity (Wildman–Crippen MR) is 143 cm³/mol. The van der Waals surface area contributed by atoms with Crippen molar-refractivity contribution in [1.82, 2.24) is 4.98 Å². The van der Waals surface area contributed by atoms with Crippen LogP contribution in [0.15, 0.2) is 60.7 Å². The molecule has 0 spiro atoms. The molecule has 200 valence electrons. The minimum absolute atomic E-state index is 0.0113. The Bertz CT molecular complexity index is 1510. The molecule has 0 radical (unpaired) electrons. The van der Waals surface area contributed by atoms with Crippen molar-refractivity contribution in [2.45, 2.75) is 13.0 Å². The lowest BCUT2D eigenvalue weighted by Crippen LogP contribution is -2.29. The minimum Gasteiger partial charge on any atom is -0.507 e. The first-order valence-electron chi connectivity index (χ1n) is 11.9. The SMILES string of the molecule is C=CCOC(=O)c1sc(N2C(=O)C(=O)C(=C(O)c3ccc4c(c3)OCCO4)C2c2ccc(OC)cc2)nc1C. The highest BCUT2D eigenvalue weighted by molar-refractivity contribution is 7.17. The van der Waals surface area contributed by atoms with E-state index in [9.17, 15) is 19.5 Å². The Morgan fingerprint density at radius 1 is 1.18 bits per heavy atom. The molecular weight excluding hydrogens is 524 g/mol. The highest BCUT2D eigenvalue weighted by atomic mass is 32.1. The van der Waals surface area contributed by atoms with E-state index in [4.69, 9.17) is 18.9 Å². The monoisotopic (exact) mass is 548 g/mol. The third kappa shape index (κ3) is 4.72. The van der Waals surface area contributed by atoms with Crippen molar-refractivity contribution in [1.29, 1.82) is 0 Å². The fraction of sp³-hybridized carbons (Fsp3) is 0.214. The summed E-state index contributed by atoms with van der Waals surface area (Å²) in [5.41, 5.74) is 1.01. The Labute approximate surface area is 227 Å². The molecule has 1 aromatic heterocycles. The van der Waals surface area contributed by atoms with Crippen LogP contribution in [0, 0.1) is 6.92 Å². The van der Waals surface area contributed by atoms with Gasteiger partial charge in [-0.15, -0.1) is 0 Å². The molecule has 39 heavy (non-hydrogen) atoms.